The zero-order valence-electron chi connectivity index (χ0n) is 21.1. The average Bonchev–Trinajstić information content (AvgIpc) is 3.29. The first kappa shape index (κ1) is 27.5. The number of thiazole rings is 1. The summed E-state index contributed by atoms with van der Waals surface area (Å²) in [7, 11) is -4.77. The van der Waals surface area contributed by atoms with Gasteiger partial charge in [0, 0.05) is 24.2 Å². The summed E-state index contributed by atoms with van der Waals surface area (Å²) in [5, 5.41) is 3.89. The van der Waals surface area contributed by atoms with E-state index in [0.29, 0.717) is 29.0 Å². The topological polar surface area (TPSA) is 96.9 Å². The number of halogens is 3. The molecule has 0 spiro atoms. The standard InChI is InChI=1S/C26H26F3N5O2S2/c1-14(2)13-31-26-30-12-11-20(32-26)23-22(33-25(37-23)15(3)4)16-7-5-10-19(21(16)29)34-38(35,36)24-17(27)8-6-9-18(24)28/h5-12,14-15,34H,13H2,1-4H3,(H,30,31,32). The molecule has 0 bridgehead atoms. The second-order valence-corrected chi connectivity index (χ2v) is 11.9. The molecule has 0 fully saturated rings. The molecule has 0 aliphatic rings. The van der Waals surface area contributed by atoms with E-state index in [4.69, 9.17) is 0 Å². The number of sulfonamides is 1. The molecular formula is C26H26F3N5O2S2. The van der Waals surface area contributed by atoms with Crippen molar-refractivity contribution in [3.05, 3.63) is 71.1 Å². The van der Waals surface area contributed by atoms with Crippen molar-refractivity contribution in [2.75, 3.05) is 16.6 Å². The van der Waals surface area contributed by atoms with Crippen molar-refractivity contribution >= 4 is 33.0 Å². The van der Waals surface area contributed by atoms with Crippen LogP contribution in [0.3, 0.4) is 0 Å². The monoisotopic (exact) mass is 561 g/mol. The van der Waals surface area contributed by atoms with E-state index in [1.807, 2.05) is 18.6 Å². The van der Waals surface area contributed by atoms with Gasteiger partial charge in [0.2, 0.25) is 5.95 Å². The van der Waals surface area contributed by atoms with Crippen molar-refractivity contribution < 1.29 is 21.6 Å². The van der Waals surface area contributed by atoms with Gasteiger partial charge in [-0.2, -0.15) is 0 Å². The number of anilines is 2. The Balaban J connectivity index is 1.79. The Hall–Kier alpha value is -3.51. The van der Waals surface area contributed by atoms with Crippen LogP contribution in [0.25, 0.3) is 21.8 Å². The molecule has 4 rings (SSSR count). The molecule has 4 aromatic rings. The lowest BCUT2D eigenvalue weighted by Gasteiger charge is -2.13. The van der Waals surface area contributed by atoms with Gasteiger partial charge in [-0.15, -0.1) is 11.3 Å². The van der Waals surface area contributed by atoms with Crippen LogP contribution in [0.4, 0.5) is 24.8 Å². The van der Waals surface area contributed by atoms with Crippen LogP contribution in [0, 0.1) is 23.4 Å². The maximum Gasteiger partial charge on any atom is 0.267 e. The van der Waals surface area contributed by atoms with E-state index in [2.05, 4.69) is 34.1 Å². The first-order valence-corrected chi connectivity index (χ1v) is 14.1. The highest BCUT2D eigenvalue weighted by Crippen LogP contribution is 2.40. The van der Waals surface area contributed by atoms with Crippen LogP contribution in [-0.4, -0.2) is 29.9 Å². The zero-order chi connectivity index (χ0) is 27.6. The molecule has 2 aromatic carbocycles. The summed E-state index contributed by atoms with van der Waals surface area (Å²) in [5.41, 5.74) is 0.317. The summed E-state index contributed by atoms with van der Waals surface area (Å²) >= 11 is 1.34. The molecule has 12 heteroatoms. The number of nitrogens with one attached hydrogen (secondary N) is 2. The first-order valence-electron chi connectivity index (χ1n) is 11.8. The number of benzene rings is 2. The molecular weight excluding hydrogens is 535 g/mol. The molecule has 0 radical (unpaired) electrons. The second-order valence-electron chi connectivity index (χ2n) is 9.25. The molecule has 2 heterocycles. The highest BCUT2D eigenvalue weighted by Gasteiger charge is 2.27. The Kier molecular flexibility index (Phi) is 8.02. The minimum atomic E-state index is -4.77. The predicted octanol–water partition coefficient (Wildman–Crippen LogP) is 6.68. The number of hydrogen-bond acceptors (Lipinski definition) is 7. The van der Waals surface area contributed by atoms with Gasteiger partial charge in [0.15, 0.2) is 10.7 Å². The normalized spacial score (nSPS) is 11.8. The Labute approximate surface area is 223 Å². The van der Waals surface area contributed by atoms with Crippen molar-refractivity contribution in [1.29, 1.82) is 0 Å². The number of nitrogens with zero attached hydrogens (tertiary/aromatic N) is 3. The maximum absolute atomic E-state index is 15.8. The maximum atomic E-state index is 15.8. The predicted molar refractivity (Wildman–Crippen MR) is 143 cm³/mol. The number of hydrogen-bond donors (Lipinski definition) is 2. The molecule has 38 heavy (non-hydrogen) atoms. The van der Waals surface area contributed by atoms with Crippen LogP contribution in [0.5, 0.6) is 0 Å². The van der Waals surface area contributed by atoms with Gasteiger partial charge in [-0.25, -0.2) is 36.5 Å². The summed E-state index contributed by atoms with van der Waals surface area (Å²) in [6.45, 7) is 8.67. The van der Waals surface area contributed by atoms with Crippen LogP contribution in [0.1, 0.15) is 38.6 Å². The van der Waals surface area contributed by atoms with Crippen LogP contribution in [0.2, 0.25) is 0 Å². The van der Waals surface area contributed by atoms with E-state index in [-0.39, 0.29) is 17.2 Å². The summed E-state index contributed by atoms with van der Waals surface area (Å²) in [6, 6.07) is 8.41. The zero-order valence-corrected chi connectivity index (χ0v) is 22.7. The molecule has 200 valence electrons. The largest absolute Gasteiger partial charge is 0.354 e. The van der Waals surface area contributed by atoms with Gasteiger partial charge < -0.3 is 5.32 Å². The van der Waals surface area contributed by atoms with E-state index >= 15 is 4.39 Å². The van der Waals surface area contributed by atoms with Crippen LogP contribution < -0.4 is 10.0 Å². The van der Waals surface area contributed by atoms with Crippen molar-refractivity contribution in [3.8, 4) is 21.8 Å². The number of rotatable bonds is 9. The highest BCUT2D eigenvalue weighted by atomic mass is 32.2. The lowest BCUT2D eigenvalue weighted by molar-refractivity contribution is 0.521. The molecule has 0 atom stereocenters. The highest BCUT2D eigenvalue weighted by molar-refractivity contribution is 7.92. The second kappa shape index (κ2) is 11.1. The Bertz CT molecular complexity index is 1550. The Morgan fingerprint density at radius 3 is 2.29 bits per heavy atom. The quantitative estimate of drug-likeness (QED) is 0.237. The van der Waals surface area contributed by atoms with E-state index in [9.17, 15) is 17.2 Å². The van der Waals surface area contributed by atoms with Gasteiger partial charge in [0.25, 0.3) is 10.0 Å². The molecule has 2 N–H and O–H groups in total. The lowest BCUT2D eigenvalue weighted by Crippen LogP contribution is -2.17. The van der Waals surface area contributed by atoms with E-state index in [0.717, 1.165) is 23.2 Å². The molecule has 0 aliphatic carbocycles. The SMILES string of the molecule is CC(C)CNc1nccc(-c2sc(C(C)C)nc2-c2cccc(NS(=O)(=O)c3c(F)cccc3F)c2F)n1. The third kappa shape index (κ3) is 5.81. The minimum Gasteiger partial charge on any atom is -0.354 e. The van der Waals surface area contributed by atoms with Crippen LogP contribution >= 0.6 is 11.3 Å². The van der Waals surface area contributed by atoms with Crippen LogP contribution in [0.15, 0.2) is 53.6 Å². The van der Waals surface area contributed by atoms with E-state index in [1.165, 1.54) is 29.5 Å². The molecule has 0 amide bonds. The van der Waals surface area contributed by atoms with Gasteiger partial charge in [-0.3, -0.25) is 4.72 Å². The van der Waals surface area contributed by atoms with Crippen molar-refractivity contribution in [1.82, 2.24) is 15.0 Å². The summed E-state index contributed by atoms with van der Waals surface area (Å²) < 4.78 is 71.7. The molecule has 2 aromatic heterocycles. The van der Waals surface area contributed by atoms with Crippen molar-refractivity contribution in [3.63, 3.8) is 0 Å². The van der Waals surface area contributed by atoms with Crippen molar-refractivity contribution in [2.24, 2.45) is 5.92 Å². The number of aromatic nitrogens is 3. The van der Waals surface area contributed by atoms with Gasteiger partial charge in [0.1, 0.15) is 11.6 Å². The molecule has 0 saturated heterocycles. The lowest BCUT2D eigenvalue weighted by atomic mass is 10.1. The van der Waals surface area contributed by atoms with E-state index < -0.39 is 38.1 Å². The minimum absolute atomic E-state index is 0.00709. The Morgan fingerprint density at radius 2 is 1.63 bits per heavy atom. The third-order valence-corrected chi connectivity index (χ3v) is 8.17. The molecule has 0 unspecified atom stereocenters. The summed E-state index contributed by atoms with van der Waals surface area (Å²) in [6.07, 6.45) is 1.59. The van der Waals surface area contributed by atoms with Crippen molar-refractivity contribution in [2.45, 2.75) is 38.5 Å². The van der Waals surface area contributed by atoms with Crippen LogP contribution in [-0.2, 0) is 10.0 Å². The smallest absolute Gasteiger partial charge is 0.267 e. The fourth-order valence-corrected chi connectivity index (χ4v) is 5.79. The molecule has 7 nitrogen and oxygen atoms in total. The summed E-state index contributed by atoms with van der Waals surface area (Å²) in [5.74, 6) is -2.71. The fraction of sp³-hybridized carbons (Fsp3) is 0.269. The summed E-state index contributed by atoms with van der Waals surface area (Å²) in [4.78, 5) is 12.8. The first-order chi connectivity index (χ1) is 18.0. The third-order valence-electron chi connectivity index (χ3n) is 5.38. The van der Waals surface area contributed by atoms with Gasteiger partial charge >= 0.3 is 0 Å². The Morgan fingerprint density at radius 1 is 0.947 bits per heavy atom. The fourth-order valence-electron chi connectivity index (χ4n) is 3.53. The van der Waals surface area contributed by atoms with Gasteiger partial charge in [-0.05, 0) is 36.2 Å². The molecule has 0 saturated carbocycles. The van der Waals surface area contributed by atoms with Gasteiger partial charge in [0.05, 0.1) is 27.0 Å². The van der Waals surface area contributed by atoms with Gasteiger partial charge in [-0.1, -0.05) is 39.8 Å². The molecule has 0 aliphatic heterocycles. The average molecular weight is 562 g/mol. The van der Waals surface area contributed by atoms with E-state index in [1.54, 1.807) is 12.3 Å².